The van der Waals surface area contributed by atoms with Crippen LogP contribution in [0.4, 0.5) is 0 Å². The van der Waals surface area contributed by atoms with Gasteiger partial charge in [-0.3, -0.25) is 4.90 Å². The third-order valence-corrected chi connectivity index (χ3v) is 5.09. The maximum absolute atomic E-state index is 6.20. The van der Waals surface area contributed by atoms with Gasteiger partial charge in [0.15, 0.2) is 0 Å². The number of nitrogens with zero attached hydrogens (tertiary/aromatic N) is 1. The lowest BCUT2D eigenvalue weighted by atomic mass is 9.85. The van der Waals surface area contributed by atoms with Gasteiger partial charge in [-0.2, -0.15) is 0 Å². The third kappa shape index (κ3) is 3.48. The fourth-order valence-electron chi connectivity index (χ4n) is 3.94. The molecule has 1 aliphatic carbocycles. The van der Waals surface area contributed by atoms with E-state index < -0.39 is 0 Å². The van der Waals surface area contributed by atoms with Crippen molar-refractivity contribution in [3.05, 3.63) is 0 Å². The van der Waals surface area contributed by atoms with E-state index in [0.29, 0.717) is 6.04 Å². The third-order valence-electron chi connectivity index (χ3n) is 5.09. The molecule has 108 valence electrons. The van der Waals surface area contributed by atoms with E-state index in [4.69, 9.17) is 5.73 Å². The highest BCUT2D eigenvalue weighted by Gasteiger charge is 2.38. The minimum atomic E-state index is 0.270. The van der Waals surface area contributed by atoms with Gasteiger partial charge < -0.3 is 5.73 Å². The van der Waals surface area contributed by atoms with Gasteiger partial charge in [-0.25, -0.2) is 0 Å². The molecule has 0 saturated heterocycles. The molecule has 2 nitrogen and oxygen atoms in total. The molecule has 2 atom stereocenters. The Bertz CT molecular complexity index is 237. The van der Waals surface area contributed by atoms with Crippen molar-refractivity contribution in [2.24, 2.45) is 17.6 Å². The fourth-order valence-corrected chi connectivity index (χ4v) is 3.94. The van der Waals surface area contributed by atoms with Crippen LogP contribution in [0.25, 0.3) is 0 Å². The second-order valence-corrected chi connectivity index (χ2v) is 6.74. The van der Waals surface area contributed by atoms with Crippen molar-refractivity contribution in [2.45, 2.75) is 78.3 Å². The molecule has 2 heteroatoms. The molecule has 0 bridgehead atoms. The Hall–Kier alpha value is -0.0800. The Morgan fingerprint density at radius 2 is 1.83 bits per heavy atom. The van der Waals surface area contributed by atoms with E-state index in [1.807, 2.05) is 0 Å². The average Bonchev–Trinajstić information content (AvgIpc) is 2.53. The van der Waals surface area contributed by atoms with Crippen molar-refractivity contribution in [3.63, 3.8) is 0 Å². The summed E-state index contributed by atoms with van der Waals surface area (Å²) in [5.74, 6) is 1.73. The normalized spacial score (nSPS) is 30.2. The molecule has 0 radical (unpaired) electrons. The van der Waals surface area contributed by atoms with Crippen LogP contribution in [0.3, 0.4) is 0 Å². The molecule has 0 amide bonds. The Morgan fingerprint density at radius 1 is 1.17 bits per heavy atom. The minimum absolute atomic E-state index is 0.270. The highest BCUT2D eigenvalue weighted by Crippen LogP contribution is 2.37. The zero-order chi connectivity index (χ0) is 13.8. The first-order valence-electron chi connectivity index (χ1n) is 7.93. The molecular formula is C16H34N2. The number of hydrogen-bond donors (Lipinski definition) is 1. The summed E-state index contributed by atoms with van der Waals surface area (Å²) in [7, 11) is 0. The first kappa shape index (κ1) is 16.0. The molecule has 0 aromatic heterocycles. The van der Waals surface area contributed by atoms with Crippen molar-refractivity contribution in [1.29, 1.82) is 0 Å². The van der Waals surface area contributed by atoms with E-state index in [-0.39, 0.29) is 5.54 Å². The van der Waals surface area contributed by atoms with Crippen LogP contribution in [0.15, 0.2) is 0 Å². The highest BCUT2D eigenvalue weighted by atomic mass is 15.2. The summed E-state index contributed by atoms with van der Waals surface area (Å²) in [5.41, 5.74) is 6.47. The number of nitrogens with two attached hydrogens (primary N) is 1. The summed E-state index contributed by atoms with van der Waals surface area (Å²) in [4.78, 5) is 2.65. The lowest BCUT2D eigenvalue weighted by Crippen LogP contribution is -2.56. The van der Waals surface area contributed by atoms with Gasteiger partial charge in [-0.1, -0.05) is 33.6 Å². The summed E-state index contributed by atoms with van der Waals surface area (Å²) in [5, 5.41) is 0. The fraction of sp³-hybridized carbons (Fsp3) is 1.00. The molecule has 1 aliphatic rings. The van der Waals surface area contributed by atoms with E-state index in [9.17, 15) is 0 Å². The smallest absolute Gasteiger partial charge is 0.0334 e. The van der Waals surface area contributed by atoms with Crippen LogP contribution in [-0.2, 0) is 0 Å². The first-order valence-corrected chi connectivity index (χ1v) is 7.93. The molecule has 18 heavy (non-hydrogen) atoms. The molecule has 2 N–H and O–H groups in total. The number of likely N-dealkylation sites (N-methyl/N-ethyl adjacent to an activating group) is 1. The van der Waals surface area contributed by atoms with Gasteiger partial charge in [-0.15, -0.1) is 0 Å². The maximum atomic E-state index is 6.20. The Morgan fingerprint density at radius 3 is 2.28 bits per heavy atom. The Labute approximate surface area is 114 Å². The second-order valence-electron chi connectivity index (χ2n) is 6.74. The van der Waals surface area contributed by atoms with E-state index in [0.717, 1.165) is 24.9 Å². The SMILES string of the molecule is CCN(C(C)C)C1(CN)CCCC(C(C)C)CC1. The van der Waals surface area contributed by atoms with Crippen molar-refractivity contribution in [2.75, 3.05) is 13.1 Å². The predicted octanol–water partition coefficient (Wildman–Crippen LogP) is 3.65. The monoisotopic (exact) mass is 254 g/mol. The quantitative estimate of drug-likeness (QED) is 0.759. The lowest BCUT2D eigenvalue weighted by Gasteiger charge is -2.45. The van der Waals surface area contributed by atoms with Crippen LogP contribution >= 0.6 is 0 Å². The van der Waals surface area contributed by atoms with Crippen molar-refractivity contribution < 1.29 is 0 Å². The van der Waals surface area contributed by atoms with Gasteiger partial charge in [0.1, 0.15) is 0 Å². The zero-order valence-corrected chi connectivity index (χ0v) is 13.2. The van der Waals surface area contributed by atoms with Crippen LogP contribution in [0, 0.1) is 11.8 Å². The maximum Gasteiger partial charge on any atom is 0.0334 e. The highest BCUT2D eigenvalue weighted by molar-refractivity contribution is 4.95. The van der Waals surface area contributed by atoms with E-state index in [2.05, 4.69) is 39.5 Å². The predicted molar refractivity (Wildman–Crippen MR) is 80.7 cm³/mol. The molecule has 0 heterocycles. The second kappa shape index (κ2) is 6.91. The van der Waals surface area contributed by atoms with E-state index >= 15 is 0 Å². The average molecular weight is 254 g/mol. The van der Waals surface area contributed by atoms with Gasteiger partial charge >= 0.3 is 0 Å². The molecule has 1 fully saturated rings. The minimum Gasteiger partial charge on any atom is -0.329 e. The topological polar surface area (TPSA) is 29.3 Å². The van der Waals surface area contributed by atoms with Crippen molar-refractivity contribution in [3.8, 4) is 0 Å². The van der Waals surface area contributed by atoms with Gasteiger partial charge in [-0.05, 0) is 51.5 Å². The molecular weight excluding hydrogens is 220 g/mol. The van der Waals surface area contributed by atoms with Crippen LogP contribution in [0.1, 0.15) is 66.7 Å². The number of hydrogen-bond acceptors (Lipinski definition) is 2. The van der Waals surface area contributed by atoms with Crippen LogP contribution in [-0.4, -0.2) is 29.6 Å². The summed E-state index contributed by atoms with van der Waals surface area (Å²) in [6.45, 7) is 13.6. The number of rotatable bonds is 5. The van der Waals surface area contributed by atoms with Crippen LogP contribution < -0.4 is 5.73 Å². The van der Waals surface area contributed by atoms with Gasteiger partial charge in [0.25, 0.3) is 0 Å². The van der Waals surface area contributed by atoms with Crippen LogP contribution in [0.2, 0.25) is 0 Å². The van der Waals surface area contributed by atoms with Gasteiger partial charge in [0.05, 0.1) is 0 Å². The first-order chi connectivity index (χ1) is 8.46. The summed E-state index contributed by atoms with van der Waals surface area (Å²) < 4.78 is 0. The van der Waals surface area contributed by atoms with Crippen molar-refractivity contribution in [1.82, 2.24) is 4.90 Å². The zero-order valence-electron chi connectivity index (χ0n) is 13.2. The summed E-state index contributed by atoms with van der Waals surface area (Å²) in [6, 6.07) is 0.606. The van der Waals surface area contributed by atoms with Crippen LogP contribution in [0.5, 0.6) is 0 Å². The molecule has 1 rings (SSSR count). The summed E-state index contributed by atoms with van der Waals surface area (Å²) in [6.07, 6.45) is 6.69. The molecule has 2 unspecified atom stereocenters. The van der Waals surface area contributed by atoms with Gasteiger partial charge in [0.2, 0.25) is 0 Å². The Kier molecular flexibility index (Phi) is 6.13. The lowest BCUT2D eigenvalue weighted by molar-refractivity contribution is 0.0520. The molecule has 0 aromatic rings. The van der Waals surface area contributed by atoms with Crippen molar-refractivity contribution >= 4 is 0 Å². The summed E-state index contributed by atoms with van der Waals surface area (Å²) >= 11 is 0. The van der Waals surface area contributed by atoms with E-state index in [1.54, 1.807) is 0 Å². The van der Waals surface area contributed by atoms with E-state index in [1.165, 1.54) is 32.1 Å². The van der Waals surface area contributed by atoms with Gasteiger partial charge in [0, 0.05) is 18.1 Å². The molecule has 0 spiro atoms. The molecule has 0 aliphatic heterocycles. The molecule has 1 saturated carbocycles. The Balaban J connectivity index is 2.81. The standard InChI is InChI=1S/C16H34N2/c1-6-18(14(4)5)16(12-17)10-7-8-15(9-11-16)13(2)3/h13-15H,6-12,17H2,1-5H3. The largest absolute Gasteiger partial charge is 0.329 e. The molecule has 0 aromatic carbocycles.